The third kappa shape index (κ3) is 4.93. The van der Waals surface area contributed by atoms with Crippen LogP contribution in [0.3, 0.4) is 0 Å². The van der Waals surface area contributed by atoms with Gasteiger partial charge in [-0.15, -0.1) is 0 Å². The fraction of sp³-hybridized carbons (Fsp3) is 0.476. The van der Waals surface area contributed by atoms with E-state index in [-0.39, 0.29) is 23.6 Å². The lowest BCUT2D eigenvalue weighted by molar-refractivity contribution is 0.0900. The molecule has 7 heteroatoms. The van der Waals surface area contributed by atoms with Gasteiger partial charge in [0.05, 0.1) is 5.69 Å². The number of aromatic nitrogens is 2. The van der Waals surface area contributed by atoms with E-state index in [0.29, 0.717) is 27.6 Å². The molecule has 3 N–H and O–H groups in total. The van der Waals surface area contributed by atoms with Gasteiger partial charge in [-0.05, 0) is 61.3 Å². The standard InChI is InChI=1S/C21H27ClN4O2/c1-21(2,3)14-6-10-16(11-7-14)24-20(28)18-17(12-23-26-18)25-19(27)13-4-8-15(22)9-5-13/h4-5,8-9,12,14,16H,6-7,10-11H2,1-3H3,(H,23,26)(H,24,28)(H,25,27). The van der Waals surface area contributed by atoms with E-state index in [1.807, 2.05) is 0 Å². The number of rotatable bonds is 4. The minimum atomic E-state index is -0.321. The van der Waals surface area contributed by atoms with Gasteiger partial charge in [-0.3, -0.25) is 14.7 Å². The van der Waals surface area contributed by atoms with Crippen LogP contribution in [0.1, 0.15) is 67.3 Å². The van der Waals surface area contributed by atoms with Crippen molar-refractivity contribution in [1.29, 1.82) is 0 Å². The van der Waals surface area contributed by atoms with E-state index in [1.165, 1.54) is 6.20 Å². The van der Waals surface area contributed by atoms with E-state index >= 15 is 0 Å². The molecule has 1 aromatic heterocycles. The lowest BCUT2D eigenvalue weighted by Gasteiger charge is -2.37. The summed E-state index contributed by atoms with van der Waals surface area (Å²) < 4.78 is 0. The van der Waals surface area contributed by atoms with E-state index in [9.17, 15) is 9.59 Å². The molecule has 1 fully saturated rings. The first-order valence-corrected chi connectivity index (χ1v) is 10.0. The maximum Gasteiger partial charge on any atom is 0.274 e. The Balaban J connectivity index is 1.59. The SMILES string of the molecule is CC(C)(C)C1CCC(NC(=O)c2n[nH]cc2NC(=O)c2ccc(Cl)cc2)CC1. The highest BCUT2D eigenvalue weighted by Gasteiger charge is 2.31. The van der Waals surface area contributed by atoms with Gasteiger partial charge in [-0.2, -0.15) is 5.10 Å². The van der Waals surface area contributed by atoms with Crippen molar-refractivity contribution in [3.8, 4) is 0 Å². The first-order chi connectivity index (χ1) is 13.2. The summed E-state index contributed by atoms with van der Waals surface area (Å²) in [5.74, 6) is 0.0879. The molecule has 150 valence electrons. The summed E-state index contributed by atoms with van der Waals surface area (Å²) in [6.45, 7) is 6.82. The number of hydrogen-bond acceptors (Lipinski definition) is 3. The second-order valence-corrected chi connectivity index (χ2v) is 8.93. The number of aromatic amines is 1. The maximum absolute atomic E-state index is 12.7. The van der Waals surface area contributed by atoms with Crippen molar-refractivity contribution < 1.29 is 9.59 Å². The molecule has 0 saturated heterocycles. The second-order valence-electron chi connectivity index (χ2n) is 8.50. The quantitative estimate of drug-likeness (QED) is 0.695. The van der Waals surface area contributed by atoms with E-state index in [0.717, 1.165) is 25.7 Å². The highest BCUT2D eigenvalue weighted by Crippen LogP contribution is 2.37. The molecule has 0 spiro atoms. The Labute approximate surface area is 170 Å². The van der Waals surface area contributed by atoms with Gasteiger partial charge in [0.15, 0.2) is 5.69 Å². The summed E-state index contributed by atoms with van der Waals surface area (Å²) in [6.07, 6.45) is 5.65. The molecule has 1 aliphatic carbocycles. The molecular formula is C21H27ClN4O2. The van der Waals surface area contributed by atoms with E-state index in [1.54, 1.807) is 24.3 Å². The van der Waals surface area contributed by atoms with Crippen LogP contribution in [0.4, 0.5) is 5.69 Å². The maximum atomic E-state index is 12.7. The van der Waals surface area contributed by atoms with Gasteiger partial charge in [0, 0.05) is 22.8 Å². The largest absolute Gasteiger partial charge is 0.348 e. The zero-order valence-corrected chi connectivity index (χ0v) is 17.3. The smallest absolute Gasteiger partial charge is 0.274 e. The van der Waals surface area contributed by atoms with Gasteiger partial charge in [-0.1, -0.05) is 32.4 Å². The number of carbonyl (C=O) groups is 2. The molecule has 0 aliphatic heterocycles. The molecule has 1 aromatic carbocycles. The topological polar surface area (TPSA) is 86.9 Å². The van der Waals surface area contributed by atoms with Crippen molar-refractivity contribution >= 4 is 29.1 Å². The van der Waals surface area contributed by atoms with Crippen molar-refractivity contribution in [3.05, 3.63) is 46.7 Å². The number of nitrogens with one attached hydrogen (secondary N) is 3. The predicted molar refractivity (Wildman–Crippen MR) is 111 cm³/mol. The molecule has 0 bridgehead atoms. The van der Waals surface area contributed by atoms with Crippen LogP contribution in [0.25, 0.3) is 0 Å². The second kappa shape index (κ2) is 8.35. The van der Waals surface area contributed by atoms with Gasteiger partial charge in [0.2, 0.25) is 0 Å². The Bertz CT molecular complexity index is 831. The van der Waals surface area contributed by atoms with Crippen molar-refractivity contribution in [1.82, 2.24) is 15.5 Å². The Hall–Kier alpha value is -2.34. The van der Waals surface area contributed by atoms with Crippen LogP contribution in [0, 0.1) is 11.3 Å². The van der Waals surface area contributed by atoms with Gasteiger partial charge >= 0.3 is 0 Å². The van der Waals surface area contributed by atoms with Crippen molar-refractivity contribution in [2.24, 2.45) is 11.3 Å². The summed E-state index contributed by atoms with van der Waals surface area (Å²) in [6, 6.07) is 6.69. The zero-order valence-electron chi connectivity index (χ0n) is 16.5. The molecule has 28 heavy (non-hydrogen) atoms. The number of benzene rings is 1. The van der Waals surface area contributed by atoms with Crippen LogP contribution in [-0.4, -0.2) is 28.1 Å². The number of H-pyrrole nitrogens is 1. The Morgan fingerprint density at radius 3 is 2.32 bits per heavy atom. The summed E-state index contributed by atoms with van der Waals surface area (Å²) in [5, 5.41) is 13.0. The molecule has 1 heterocycles. The first-order valence-electron chi connectivity index (χ1n) is 9.65. The molecule has 0 unspecified atom stereocenters. The fourth-order valence-electron chi connectivity index (χ4n) is 3.71. The number of amides is 2. The van der Waals surface area contributed by atoms with Crippen LogP contribution in [-0.2, 0) is 0 Å². The molecule has 6 nitrogen and oxygen atoms in total. The molecule has 0 radical (unpaired) electrons. The van der Waals surface area contributed by atoms with Crippen molar-refractivity contribution in [3.63, 3.8) is 0 Å². The molecule has 1 aliphatic rings. The van der Waals surface area contributed by atoms with E-state index in [2.05, 4.69) is 41.6 Å². The van der Waals surface area contributed by atoms with Crippen molar-refractivity contribution in [2.75, 3.05) is 5.32 Å². The molecule has 2 amide bonds. The normalized spacial score (nSPS) is 19.9. The number of hydrogen-bond donors (Lipinski definition) is 3. The van der Waals surface area contributed by atoms with Gasteiger partial charge in [0.1, 0.15) is 0 Å². The van der Waals surface area contributed by atoms with E-state index < -0.39 is 0 Å². The molecule has 0 atom stereocenters. The summed E-state index contributed by atoms with van der Waals surface area (Å²) >= 11 is 5.85. The number of carbonyl (C=O) groups excluding carboxylic acids is 2. The fourth-order valence-corrected chi connectivity index (χ4v) is 3.84. The van der Waals surface area contributed by atoms with Crippen LogP contribution in [0.5, 0.6) is 0 Å². The summed E-state index contributed by atoms with van der Waals surface area (Å²) in [4.78, 5) is 25.1. The summed E-state index contributed by atoms with van der Waals surface area (Å²) in [7, 11) is 0. The van der Waals surface area contributed by atoms with Crippen LogP contribution in [0.2, 0.25) is 5.02 Å². The minimum Gasteiger partial charge on any atom is -0.348 e. The van der Waals surface area contributed by atoms with Crippen LogP contribution >= 0.6 is 11.6 Å². The highest BCUT2D eigenvalue weighted by atomic mass is 35.5. The zero-order chi connectivity index (χ0) is 20.3. The van der Waals surface area contributed by atoms with Gasteiger partial charge in [0.25, 0.3) is 11.8 Å². The Kier molecular flexibility index (Phi) is 6.08. The first kappa shape index (κ1) is 20.4. The predicted octanol–water partition coefficient (Wildman–Crippen LogP) is 4.65. The molecule has 1 saturated carbocycles. The van der Waals surface area contributed by atoms with Gasteiger partial charge < -0.3 is 10.6 Å². The molecular weight excluding hydrogens is 376 g/mol. The third-order valence-electron chi connectivity index (χ3n) is 5.50. The number of halogens is 1. The lowest BCUT2D eigenvalue weighted by atomic mass is 9.71. The monoisotopic (exact) mass is 402 g/mol. The average Bonchev–Trinajstić information content (AvgIpc) is 3.10. The van der Waals surface area contributed by atoms with Gasteiger partial charge in [-0.25, -0.2) is 0 Å². The number of nitrogens with zero attached hydrogens (tertiary/aromatic N) is 1. The van der Waals surface area contributed by atoms with Crippen LogP contribution < -0.4 is 10.6 Å². The third-order valence-corrected chi connectivity index (χ3v) is 5.75. The average molecular weight is 403 g/mol. The molecule has 2 aromatic rings. The Morgan fingerprint density at radius 2 is 1.71 bits per heavy atom. The molecule has 3 rings (SSSR count). The summed E-state index contributed by atoms with van der Waals surface area (Å²) in [5.41, 5.74) is 1.31. The van der Waals surface area contributed by atoms with Crippen molar-refractivity contribution in [2.45, 2.75) is 52.5 Å². The number of anilines is 1. The lowest BCUT2D eigenvalue weighted by Crippen LogP contribution is -2.39. The minimum absolute atomic E-state index is 0.141. The Morgan fingerprint density at radius 1 is 1.07 bits per heavy atom. The van der Waals surface area contributed by atoms with E-state index in [4.69, 9.17) is 11.6 Å². The highest BCUT2D eigenvalue weighted by molar-refractivity contribution is 6.30. The van der Waals surface area contributed by atoms with Crippen LogP contribution in [0.15, 0.2) is 30.5 Å².